The number of hydrogen-bond acceptors (Lipinski definition) is 4. The van der Waals surface area contributed by atoms with Gasteiger partial charge in [0.1, 0.15) is 13.2 Å². The molecular weight excluding hydrogens is 321 g/mol. The molecule has 0 aliphatic carbocycles. The van der Waals surface area contributed by atoms with E-state index < -0.39 is 40.8 Å². The molecule has 0 N–H and O–H groups in total. The Hall–Kier alpha value is -0.433. The average molecular weight is 334 g/mol. The molecule has 0 aromatic rings. The molecule has 0 aliphatic rings. The number of hydrogen-bond donors (Lipinski definition) is 0. The van der Waals surface area contributed by atoms with Crippen LogP contribution in [0.25, 0.3) is 0 Å². The second kappa shape index (κ2) is 7.54. The van der Waals surface area contributed by atoms with Crippen LogP contribution in [0.5, 0.6) is 0 Å². The summed E-state index contributed by atoms with van der Waals surface area (Å²) < 4.78 is 103. The van der Waals surface area contributed by atoms with Gasteiger partial charge in [-0.3, -0.25) is 0 Å². The molecule has 0 fully saturated rings. The minimum Gasteiger partial charge on any atom is -0.355 e. The minimum absolute atomic E-state index is 0.280. The van der Waals surface area contributed by atoms with Crippen molar-refractivity contribution in [2.24, 2.45) is 0 Å². The Morgan fingerprint density at radius 3 is 1.80 bits per heavy atom. The molecule has 1 unspecified atom stereocenters. The van der Waals surface area contributed by atoms with Crippen molar-refractivity contribution in [3.8, 4) is 0 Å². The fourth-order valence-corrected chi connectivity index (χ4v) is 2.56. The van der Waals surface area contributed by atoms with E-state index in [1.165, 1.54) is 6.92 Å². The van der Waals surface area contributed by atoms with Crippen LogP contribution in [-0.2, 0) is 17.7 Å². The van der Waals surface area contributed by atoms with Crippen LogP contribution >= 0.6 is 0 Å². The van der Waals surface area contributed by atoms with E-state index >= 15 is 0 Å². The molecule has 20 heavy (non-hydrogen) atoms. The van der Waals surface area contributed by atoms with Crippen molar-refractivity contribution < 1.29 is 48.4 Å². The van der Waals surface area contributed by atoms with Crippen LogP contribution < -0.4 is 0 Å². The molecule has 0 bridgehead atoms. The minimum atomic E-state index is -4.79. The molecular formula is C8H13F7O4Si. The van der Waals surface area contributed by atoms with E-state index in [9.17, 15) is 30.7 Å². The molecule has 122 valence electrons. The van der Waals surface area contributed by atoms with Crippen LogP contribution in [0.1, 0.15) is 6.92 Å². The summed E-state index contributed by atoms with van der Waals surface area (Å²) in [5, 5.41) is 0. The Balaban J connectivity index is 4.77. The van der Waals surface area contributed by atoms with Gasteiger partial charge in [-0.25, -0.2) is 8.78 Å². The molecule has 0 spiro atoms. The molecule has 0 aromatic heterocycles. The zero-order chi connectivity index (χ0) is 16.0. The highest BCUT2D eigenvalue weighted by atomic mass is 28.4. The number of halogens is 7. The maximum Gasteiger partial charge on any atom is 0.679 e. The second-order valence-electron chi connectivity index (χ2n) is 3.39. The zero-order valence-corrected chi connectivity index (χ0v) is 11.5. The van der Waals surface area contributed by atoms with E-state index in [4.69, 9.17) is 0 Å². The lowest BCUT2D eigenvalue weighted by atomic mass is 10.4. The third kappa shape index (κ3) is 6.83. The summed E-state index contributed by atoms with van der Waals surface area (Å²) in [4.78, 5) is 0. The fraction of sp³-hybridized carbons (Fsp3) is 1.00. The van der Waals surface area contributed by atoms with Gasteiger partial charge in [-0.1, -0.05) is 0 Å². The highest BCUT2D eigenvalue weighted by molar-refractivity contribution is 6.53. The summed E-state index contributed by atoms with van der Waals surface area (Å²) >= 11 is 0. The first-order chi connectivity index (χ1) is 8.98. The quantitative estimate of drug-likeness (QED) is 0.480. The Morgan fingerprint density at radius 2 is 1.45 bits per heavy atom. The molecule has 0 saturated carbocycles. The van der Waals surface area contributed by atoms with Gasteiger partial charge in [0, 0.05) is 13.7 Å². The van der Waals surface area contributed by atoms with Crippen LogP contribution in [0.3, 0.4) is 0 Å². The average Bonchev–Trinajstić information content (AvgIpc) is 2.32. The predicted octanol–water partition coefficient (Wildman–Crippen LogP) is 2.60. The van der Waals surface area contributed by atoms with Gasteiger partial charge in [0.05, 0.1) is 0 Å². The van der Waals surface area contributed by atoms with Gasteiger partial charge in [-0.15, -0.1) is 0 Å². The van der Waals surface area contributed by atoms with Crippen molar-refractivity contribution in [1.29, 1.82) is 0 Å². The van der Waals surface area contributed by atoms with Crippen LogP contribution in [-0.4, -0.2) is 54.5 Å². The van der Waals surface area contributed by atoms with Gasteiger partial charge in [-0.2, -0.15) is 22.0 Å². The highest BCUT2D eigenvalue weighted by Crippen LogP contribution is 2.26. The third-order valence-corrected chi connectivity index (χ3v) is 3.88. The van der Waals surface area contributed by atoms with Crippen molar-refractivity contribution in [1.82, 2.24) is 0 Å². The summed E-state index contributed by atoms with van der Waals surface area (Å²) in [6.07, 6.45) is -8.84. The number of alkyl halides is 7. The maximum absolute atomic E-state index is 12.7. The topological polar surface area (TPSA) is 36.9 Å². The molecule has 4 nitrogen and oxygen atoms in total. The first-order valence-electron chi connectivity index (χ1n) is 5.18. The summed E-state index contributed by atoms with van der Waals surface area (Å²) in [6, 6.07) is 0. The summed E-state index contributed by atoms with van der Waals surface area (Å²) in [5.41, 5.74) is 0. The van der Waals surface area contributed by atoms with Gasteiger partial charge in [0.25, 0.3) is 0 Å². The van der Waals surface area contributed by atoms with Gasteiger partial charge in [0.2, 0.25) is 0 Å². The Morgan fingerprint density at radius 1 is 0.950 bits per heavy atom. The third-order valence-electron chi connectivity index (χ3n) is 1.74. The lowest BCUT2D eigenvalue weighted by molar-refractivity contribution is -0.188. The lowest BCUT2D eigenvalue weighted by Gasteiger charge is -2.28. The van der Waals surface area contributed by atoms with E-state index in [1.54, 1.807) is 0 Å². The highest BCUT2D eigenvalue weighted by Gasteiger charge is 2.52. The molecule has 0 heterocycles. The smallest absolute Gasteiger partial charge is 0.355 e. The van der Waals surface area contributed by atoms with Crippen molar-refractivity contribution in [2.75, 3.05) is 26.9 Å². The van der Waals surface area contributed by atoms with Crippen LogP contribution in [0.15, 0.2) is 0 Å². The van der Waals surface area contributed by atoms with E-state index in [-0.39, 0.29) is 6.61 Å². The van der Waals surface area contributed by atoms with E-state index in [2.05, 4.69) is 17.7 Å². The first kappa shape index (κ1) is 19.6. The van der Waals surface area contributed by atoms with Crippen LogP contribution in [0.2, 0.25) is 0 Å². The number of rotatable bonds is 9. The molecule has 1 atom stereocenters. The SMILES string of the molecule is CCO[Si](OC)(OCC(F)(F)F)OCC(F)(F)C(F)F. The molecule has 0 saturated heterocycles. The molecule has 0 radical (unpaired) electrons. The molecule has 0 aromatic carbocycles. The zero-order valence-electron chi connectivity index (χ0n) is 10.5. The molecule has 12 heteroatoms. The largest absolute Gasteiger partial charge is 0.679 e. The van der Waals surface area contributed by atoms with E-state index in [0.29, 0.717) is 0 Å². The fourth-order valence-electron chi connectivity index (χ4n) is 0.896. The summed E-state index contributed by atoms with van der Waals surface area (Å²) in [5.74, 6) is -4.56. The lowest BCUT2D eigenvalue weighted by Crippen LogP contribution is -2.52. The standard InChI is InChI=1S/C8H13F7O4Si/c1-3-17-20(16-2,19-5-8(13,14)15)18-4-7(11,12)6(9)10/h6H,3-5H2,1-2H3. The van der Waals surface area contributed by atoms with Crippen molar-refractivity contribution >= 4 is 9.05 Å². The van der Waals surface area contributed by atoms with Gasteiger partial charge in [-0.05, 0) is 6.92 Å². The molecule has 0 aliphatic heterocycles. The monoisotopic (exact) mass is 334 g/mol. The normalized spacial score (nSPS) is 16.5. The van der Waals surface area contributed by atoms with Gasteiger partial charge >= 0.3 is 27.6 Å². The summed E-state index contributed by atoms with van der Waals surface area (Å²) in [6.45, 7) is -2.74. The van der Waals surface area contributed by atoms with Gasteiger partial charge < -0.3 is 17.7 Å². The van der Waals surface area contributed by atoms with E-state index in [1.807, 2.05) is 0 Å². The molecule has 0 rings (SSSR count). The van der Waals surface area contributed by atoms with Crippen molar-refractivity contribution in [3.05, 3.63) is 0 Å². The Kier molecular flexibility index (Phi) is 7.38. The van der Waals surface area contributed by atoms with Crippen LogP contribution in [0, 0.1) is 0 Å². The maximum atomic E-state index is 12.7. The predicted molar refractivity (Wildman–Crippen MR) is 53.3 cm³/mol. The summed E-state index contributed by atoms with van der Waals surface area (Å²) in [7, 11) is -3.76. The van der Waals surface area contributed by atoms with Crippen LogP contribution in [0.4, 0.5) is 30.7 Å². The second-order valence-corrected chi connectivity index (χ2v) is 5.67. The first-order valence-corrected chi connectivity index (χ1v) is 6.81. The molecule has 0 amide bonds. The van der Waals surface area contributed by atoms with Crippen molar-refractivity contribution in [2.45, 2.75) is 25.4 Å². The van der Waals surface area contributed by atoms with Crippen molar-refractivity contribution in [3.63, 3.8) is 0 Å². The Labute approximate surface area is 111 Å². The Bertz CT molecular complexity index is 288. The van der Waals surface area contributed by atoms with E-state index in [0.717, 1.165) is 7.11 Å². The van der Waals surface area contributed by atoms with Gasteiger partial charge in [0.15, 0.2) is 0 Å².